The first-order valence-electron chi connectivity index (χ1n) is 8.53. The molecule has 4 rings (SSSR count). The molecular weight excluding hydrogens is 350 g/mol. The van der Waals surface area contributed by atoms with Gasteiger partial charge >= 0.3 is 6.03 Å². The Morgan fingerprint density at radius 2 is 2.12 bits per heavy atom. The summed E-state index contributed by atoms with van der Waals surface area (Å²) in [5, 5.41) is 11.9. The van der Waals surface area contributed by atoms with Crippen molar-refractivity contribution in [2.75, 3.05) is 11.9 Å². The number of hydrogen-bond acceptors (Lipinski definition) is 6. The zero-order valence-corrected chi connectivity index (χ0v) is 15.4. The molecule has 134 valence electrons. The molecule has 0 spiro atoms. The average molecular weight is 369 g/mol. The van der Waals surface area contributed by atoms with Gasteiger partial charge in [0.1, 0.15) is 16.5 Å². The van der Waals surface area contributed by atoms with Crippen molar-refractivity contribution in [1.82, 2.24) is 19.6 Å². The third kappa shape index (κ3) is 2.96. The quantitative estimate of drug-likeness (QED) is 0.749. The Morgan fingerprint density at radius 3 is 2.85 bits per heavy atom. The van der Waals surface area contributed by atoms with Gasteiger partial charge in [-0.3, -0.25) is 5.32 Å². The van der Waals surface area contributed by atoms with E-state index in [9.17, 15) is 4.79 Å². The number of carbonyl (C=O) groups is 1. The number of likely N-dealkylation sites (tertiary alicyclic amines) is 1. The van der Waals surface area contributed by atoms with Crippen LogP contribution < -0.4 is 5.32 Å². The SMILES string of the molecule is Cc1noc(C)c1[C@H]1CCCN1C(=O)Nc1snnc1-c1ccccc1. The van der Waals surface area contributed by atoms with Gasteiger partial charge in [0.2, 0.25) is 0 Å². The van der Waals surface area contributed by atoms with Gasteiger partial charge in [-0.05, 0) is 26.7 Å². The molecule has 26 heavy (non-hydrogen) atoms. The minimum atomic E-state index is -0.143. The summed E-state index contributed by atoms with van der Waals surface area (Å²) in [5.41, 5.74) is 3.48. The second-order valence-electron chi connectivity index (χ2n) is 6.34. The minimum Gasteiger partial charge on any atom is -0.361 e. The summed E-state index contributed by atoms with van der Waals surface area (Å²) in [5.74, 6) is 0.775. The number of aromatic nitrogens is 3. The van der Waals surface area contributed by atoms with Crippen molar-refractivity contribution < 1.29 is 9.32 Å². The highest BCUT2D eigenvalue weighted by Gasteiger charge is 2.34. The maximum absolute atomic E-state index is 12.9. The summed E-state index contributed by atoms with van der Waals surface area (Å²) in [4.78, 5) is 14.8. The molecule has 3 heterocycles. The molecule has 8 heteroatoms. The van der Waals surface area contributed by atoms with Gasteiger partial charge < -0.3 is 9.42 Å². The molecule has 1 aromatic carbocycles. The first-order valence-corrected chi connectivity index (χ1v) is 9.30. The summed E-state index contributed by atoms with van der Waals surface area (Å²) < 4.78 is 9.30. The fourth-order valence-corrected chi connectivity index (χ4v) is 4.08. The number of rotatable bonds is 3. The van der Waals surface area contributed by atoms with E-state index in [0.717, 1.165) is 35.4 Å². The molecule has 0 bridgehead atoms. The van der Waals surface area contributed by atoms with E-state index in [4.69, 9.17) is 4.52 Å². The van der Waals surface area contributed by atoms with E-state index in [1.807, 2.05) is 49.1 Å². The molecule has 0 unspecified atom stereocenters. The van der Waals surface area contributed by atoms with Crippen LogP contribution in [0.15, 0.2) is 34.9 Å². The lowest BCUT2D eigenvalue weighted by Gasteiger charge is -2.24. The molecule has 2 aromatic heterocycles. The maximum Gasteiger partial charge on any atom is 0.323 e. The number of nitrogens with one attached hydrogen (secondary N) is 1. The smallest absolute Gasteiger partial charge is 0.323 e. The van der Waals surface area contributed by atoms with E-state index in [-0.39, 0.29) is 12.1 Å². The number of hydrogen-bond donors (Lipinski definition) is 1. The standard InChI is InChI=1S/C18H19N5O2S/c1-11-15(12(2)25-21-11)14-9-6-10-23(14)18(24)19-17-16(20-22-26-17)13-7-4-3-5-8-13/h3-5,7-8,14H,6,9-10H2,1-2H3,(H,19,24)/t14-/m1/s1. The van der Waals surface area contributed by atoms with E-state index >= 15 is 0 Å². The van der Waals surface area contributed by atoms with E-state index in [2.05, 4.69) is 20.1 Å². The molecule has 1 atom stereocenters. The van der Waals surface area contributed by atoms with Gasteiger partial charge in [0, 0.05) is 29.2 Å². The fourth-order valence-electron chi connectivity index (χ4n) is 3.50. The highest BCUT2D eigenvalue weighted by Crippen LogP contribution is 2.36. The zero-order valence-electron chi connectivity index (χ0n) is 14.6. The van der Waals surface area contributed by atoms with Crippen LogP contribution in [0.3, 0.4) is 0 Å². The van der Waals surface area contributed by atoms with Crippen molar-refractivity contribution in [3.63, 3.8) is 0 Å². The van der Waals surface area contributed by atoms with Gasteiger partial charge in [0.15, 0.2) is 0 Å². The topological polar surface area (TPSA) is 84.2 Å². The van der Waals surface area contributed by atoms with Crippen LogP contribution in [0.5, 0.6) is 0 Å². The molecule has 0 radical (unpaired) electrons. The Morgan fingerprint density at radius 1 is 1.31 bits per heavy atom. The van der Waals surface area contributed by atoms with E-state index < -0.39 is 0 Å². The number of nitrogens with zero attached hydrogens (tertiary/aromatic N) is 4. The van der Waals surface area contributed by atoms with Crippen LogP contribution in [0, 0.1) is 13.8 Å². The predicted molar refractivity (Wildman–Crippen MR) is 99.0 cm³/mol. The van der Waals surface area contributed by atoms with Gasteiger partial charge in [0.05, 0.1) is 11.7 Å². The van der Waals surface area contributed by atoms with Crippen LogP contribution in [-0.4, -0.2) is 32.2 Å². The second kappa shape index (κ2) is 6.87. The molecule has 3 aromatic rings. The van der Waals surface area contributed by atoms with Crippen molar-refractivity contribution in [2.45, 2.75) is 32.7 Å². The van der Waals surface area contributed by atoms with Gasteiger partial charge in [-0.25, -0.2) is 4.79 Å². The number of benzene rings is 1. The highest BCUT2D eigenvalue weighted by molar-refractivity contribution is 7.10. The van der Waals surface area contributed by atoms with Crippen LogP contribution in [-0.2, 0) is 0 Å². The normalized spacial score (nSPS) is 16.8. The molecular formula is C18H19N5O2S. The number of amides is 2. The molecule has 0 aliphatic carbocycles. The summed E-state index contributed by atoms with van der Waals surface area (Å²) in [6.45, 7) is 4.51. The van der Waals surface area contributed by atoms with Crippen LogP contribution in [0.25, 0.3) is 11.3 Å². The van der Waals surface area contributed by atoms with E-state index in [1.165, 1.54) is 11.5 Å². The van der Waals surface area contributed by atoms with E-state index in [1.54, 1.807) is 0 Å². The number of carbonyl (C=O) groups excluding carboxylic acids is 1. The summed E-state index contributed by atoms with van der Waals surface area (Å²) in [7, 11) is 0. The van der Waals surface area contributed by atoms with Gasteiger partial charge in [-0.1, -0.05) is 40.0 Å². The Hall–Kier alpha value is -2.74. The van der Waals surface area contributed by atoms with Crippen LogP contribution in [0.1, 0.15) is 35.9 Å². The van der Waals surface area contributed by atoms with Gasteiger partial charge in [-0.2, -0.15) is 0 Å². The Balaban J connectivity index is 1.57. The highest BCUT2D eigenvalue weighted by atomic mass is 32.1. The summed E-state index contributed by atoms with van der Waals surface area (Å²) in [6, 6.07) is 9.57. The lowest BCUT2D eigenvalue weighted by atomic mass is 10.0. The largest absolute Gasteiger partial charge is 0.361 e. The average Bonchev–Trinajstić information content (AvgIpc) is 3.36. The fraction of sp³-hybridized carbons (Fsp3) is 0.333. The Kier molecular flexibility index (Phi) is 4.42. The summed E-state index contributed by atoms with van der Waals surface area (Å²) in [6.07, 6.45) is 1.86. The van der Waals surface area contributed by atoms with Crippen molar-refractivity contribution in [2.24, 2.45) is 0 Å². The second-order valence-corrected chi connectivity index (χ2v) is 7.09. The number of aryl methyl sites for hydroxylation is 2. The Bertz CT molecular complexity index is 901. The molecule has 1 aliphatic rings. The lowest BCUT2D eigenvalue weighted by Crippen LogP contribution is -2.34. The van der Waals surface area contributed by atoms with Crippen LogP contribution >= 0.6 is 11.5 Å². The lowest BCUT2D eigenvalue weighted by molar-refractivity contribution is 0.206. The first-order chi connectivity index (χ1) is 12.6. The monoisotopic (exact) mass is 369 g/mol. The summed E-state index contributed by atoms with van der Waals surface area (Å²) >= 11 is 1.19. The number of anilines is 1. The number of urea groups is 1. The molecule has 1 aliphatic heterocycles. The van der Waals surface area contributed by atoms with Crippen molar-refractivity contribution in [3.05, 3.63) is 47.3 Å². The first kappa shape index (κ1) is 16.7. The van der Waals surface area contributed by atoms with Crippen LogP contribution in [0.2, 0.25) is 0 Å². The van der Waals surface area contributed by atoms with Gasteiger partial charge in [-0.15, -0.1) is 5.10 Å². The van der Waals surface area contributed by atoms with Gasteiger partial charge in [0.25, 0.3) is 0 Å². The Labute approximate surface area is 155 Å². The van der Waals surface area contributed by atoms with E-state index in [0.29, 0.717) is 17.2 Å². The molecule has 1 fully saturated rings. The molecule has 2 amide bonds. The third-order valence-corrected chi connectivity index (χ3v) is 5.33. The van der Waals surface area contributed by atoms with Crippen LogP contribution in [0.4, 0.5) is 9.80 Å². The molecule has 1 N–H and O–H groups in total. The minimum absolute atomic E-state index is 0.0118. The van der Waals surface area contributed by atoms with Crippen molar-refractivity contribution >= 4 is 22.6 Å². The maximum atomic E-state index is 12.9. The molecule has 0 saturated carbocycles. The zero-order chi connectivity index (χ0) is 18.1. The third-order valence-electron chi connectivity index (χ3n) is 4.69. The predicted octanol–water partition coefficient (Wildman–Crippen LogP) is 4.18. The van der Waals surface area contributed by atoms with Crippen molar-refractivity contribution in [3.8, 4) is 11.3 Å². The van der Waals surface area contributed by atoms with Crippen molar-refractivity contribution in [1.29, 1.82) is 0 Å². The molecule has 7 nitrogen and oxygen atoms in total. The molecule has 1 saturated heterocycles.